The first-order valence-corrected chi connectivity index (χ1v) is 6.97. The average molecular weight is 336 g/mol. The quantitative estimate of drug-likeness (QED) is 0.554. The number of esters is 1. The van der Waals surface area contributed by atoms with Gasteiger partial charge in [-0.15, -0.1) is 0 Å². The first-order valence-electron chi connectivity index (χ1n) is 6.97. The van der Waals surface area contributed by atoms with E-state index in [9.17, 15) is 27.6 Å². The average Bonchev–Trinajstić information content (AvgIpc) is 2.97. The molecule has 2 amide bonds. The van der Waals surface area contributed by atoms with Gasteiger partial charge in [0.15, 0.2) is 5.41 Å². The zero-order valence-corrected chi connectivity index (χ0v) is 13.0. The number of amides is 2. The standard InChI is InChI=1S/C14H19F3N2O4/c1-4-10(20)18(5-2)8-11(21)19-7-6-13(9-19,12(22)23-3)14(15,16)17/h4H,1,5-9H2,2-3H3. The third kappa shape index (κ3) is 3.65. The van der Waals surface area contributed by atoms with Crippen LogP contribution in [0.5, 0.6) is 0 Å². The van der Waals surface area contributed by atoms with Crippen LogP contribution in [-0.4, -0.2) is 67.0 Å². The van der Waals surface area contributed by atoms with Gasteiger partial charge in [-0.3, -0.25) is 14.4 Å². The van der Waals surface area contributed by atoms with Gasteiger partial charge < -0.3 is 14.5 Å². The number of hydrogen-bond acceptors (Lipinski definition) is 4. The molecule has 0 aromatic rings. The van der Waals surface area contributed by atoms with Gasteiger partial charge in [0.25, 0.3) is 0 Å². The number of rotatable bonds is 5. The Morgan fingerprint density at radius 2 is 2.00 bits per heavy atom. The van der Waals surface area contributed by atoms with Gasteiger partial charge in [-0.05, 0) is 19.4 Å². The molecular formula is C14H19F3N2O4. The Hall–Kier alpha value is -2.06. The number of likely N-dealkylation sites (tertiary alicyclic amines) is 1. The van der Waals surface area contributed by atoms with Crippen LogP contribution in [-0.2, 0) is 19.1 Å². The molecule has 1 atom stereocenters. The molecule has 1 rings (SSSR count). The number of halogens is 3. The van der Waals surface area contributed by atoms with E-state index in [4.69, 9.17) is 0 Å². The van der Waals surface area contributed by atoms with Crippen molar-refractivity contribution in [3.8, 4) is 0 Å². The van der Waals surface area contributed by atoms with Crippen molar-refractivity contribution >= 4 is 17.8 Å². The van der Waals surface area contributed by atoms with Crippen LogP contribution in [0.4, 0.5) is 13.2 Å². The highest BCUT2D eigenvalue weighted by atomic mass is 19.4. The smallest absolute Gasteiger partial charge is 0.406 e. The van der Waals surface area contributed by atoms with Crippen molar-refractivity contribution in [2.24, 2.45) is 5.41 Å². The van der Waals surface area contributed by atoms with E-state index in [1.165, 1.54) is 0 Å². The highest BCUT2D eigenvalue weighted by Gasteiger charge is 2.64. The molecule has 0 bridgehead atoms. The van der Waals surface area contributed by atoms with Crippen LogP contribution >= 0.6 is 0 Å². The van der Waals surface area contributed by atoms with Gasteiger partial charge in [-0.25, -0.2) is 0 Å². The molecule has 1 aliphatic heterocycles. The van der Waals surface area contributed by atoms with Gasteiger partial charge in [-0.2, -0.15) is 13.2 Å². The molecule has 9 heteroatoms. The summed E-state index contributed by atoms with van der Waals surface area (Å²) < 4.78 is 44.1. The van der Waals surface area contributed by atoms with Crippen LogP contribution in [0, 0.1) is 5.41 Å². The van der Waals surface area contributed by atoms with Crippen LogP contribution in [0.15, 0.2) is 12.7 Å². The Balaban J connectivity index is 2.89. The Kier molecular flexibility index (Phi) is 5.79. The lowest BCUT2D eigenvalue weighted by atomic mass is 9.86. The number of ether oxygens (including phenoxy) is 1. The molecule has 130 valence electrons. The topological polar surface area (TPSA) is 66.9 Å². The van der Waals surface area contributed by atoms with Gasteiger partial charge in [0.2, 0.25) is 11.8 Å². The largest absolute Gasteiger partial charge is 0.468 e. The number of hydrogen-bond donors (Lipinski definition) is 0. The summed E-state index contributed by atoms with van der Waals surface area (Å²) >= 11 is 0. The molecule has 0 aromatic carbocycles. The Labute approximate surface area is 131 Å². The lowest BCUT2D eigenvalue weighted by Gasteiger charge is -2.29. The van der Waals surface area contributed by atoms with Crippen LogP contribution in [0.3, 0.4) is 0 Å². The third-order valence-electron chi connectivity index (χ3n) is 3.93. The predicted octanol–water partition coefficient (Wildman–Crippen LogP) is 0.975. The maximum Gasteiger partial charge on any atom is 0.406 e. The summed E-state index contributed by atoms with van der Waals surface area (Å²) in [5, 5.41) is 0. The maximum absolute atomic E-state index is 13.3. The summed E-state index contributed by atoms with van der Waals surface area (Å²) in [5.41, 5.74) is -2.71. The van der Waals surface area contributed by atoms with E-state index >= 15 is 0 Å². The number of methoxy groups -OCH3 is 1. The molecule has 0 N–H and O–H groups in total. The first-order chi connectivity index (χ1) is 10.6. The maximum atomic E-state index is 13.3. The number of alkyl halides is 3. The van der Waals surface area contributed by atoms with Crippen molar-refractivity contribution in [1.82, 2.24) is 9.80 Å². The minimum absolute atomic E-state index is 0.214. The SMILES string of the molecule is C=CC(=O)N(CC)CC(=O)N1CCC(C(=O)OC)(C(F)(F)F)C1. The summed E-state index contributed by atoms with van der Waals surface area (Å²) in [7, 11) is 0.877. The zero-order chi connectivity index (χ0) is 17.8. The predicted molar refractivity (Wildman–Crippen MR) is 74.2 cm³/mol. The lowest BCUT2D eigenvalue weighted by molar-refractivity contribution is -0.229. The molecule has 0 radical (unpaired) electrons. The molecule has 0 spiro atoms. The number of nitrogens with zero attached hydrogens (tertiary/aromatic N) is 2. The van der Waals surface area contributed by atoms with Gasteiger partial charge >= 0.3 is 12.1 Å². The normalized spacial score (nSPS) is 21.0. The highest BCUT2D eigenvalue weighted by Crippen LogP contribution is 2.46. The minimum atomic E-state index is -4.82. The summed E-state index contributed by atoms with van der Waals surface area (Å²) in [6, 6.07) is 0. The second-order valence-electron chi connectivity index (χ2n) is 5.19. The monoisotopic (exact) mass is 336 g/mol. The van der Waals surface area contributed by atoms with Crippen LogP contribution in [0.2, 0.25) is 0 Å². The second-order valence-corrected chi connectivity index (χ2v) is 5.19. The number of carbonyl (C=O) groups excluding carboxylic acids is 3. The fourth-order valence-electron chi connectivity index (χ4n) is 2.47. The summed E-state index contributed by atoms with van der Waals surface area (Å²) in [5.74, 6) is -2.55. The molecular weight excluding hydrogens is 317 g/mol. The van der Waals surface area contributed by atoms with Crippen molar-refractivity contribution < 1.29 is 32.3 Å². The molecule has 0 saturated carbocycles. The molecule has 1 fully saturated rings. The van der Waals surface area contributed by atoms with Crippen molar-refractivity contribution in [3.05, 3.63) is 12.7 Å². The molecule has 23 heavy (non-hydrogen) atoms. The van der Waals surface area contributed by atoms with Crippen LogP contribution < -0.4 is 0 Å². The molecule has 1 aliphatic rings. The lowest BCUT2D eigenvalue weighted by Crippen LogP contribution is -2.49. The van der Waals surface area contributed by atoms with Crippen molar-refractivity contribution in [2.45, 2.75) is 19.5 Å². The third-order valence-corrected chi connectivity index (χ3v) is 3.93. The fraction of sp³-hybridized carbons (Fsp3) is 0.643. The minimum Gasteiger partial charge on any atom is -0.468 e. The van der Waals surface area contributed by atoms with Crippen molar-refractivity contribution in [2.75, 3.05) is 33.3 Å². The zero-order valence-electron chi connectivity index (χ0n) is 13.0. The number of carbonyl (C=O) groups is 3. The van der Waals surface area contributed by atoms with E-state index < -0.39 is 42.3 Å². The van der Waals surface area contributed by atoms with E-state index in [1.807, 2.05) is 0 Å². The molecule has 1 heterocycles. The van der Waals surface area contributed by atoms with E-state index in [0.29, 0.717) is 0 Å². The van der Waals surface area contributed by atoms with Crippen LogP contribution in [0.25, 0.3) is 0 Å². The molecule has 1 unspecified atom stereocenters. The Morgan fingerprint density at radius 3 is 2.43 bits per heavy atom. The summed E-state index contributed by atoms with van der Waals surface area (Å²) in [6.45, 7) is 3.75. The van der Waals surface area contributed by atoms with Gasteiger partial charge in [0.1, 0.15) is 0 Å². The van der Waals surface area contributed by atoms with Crippen molar-refractivity contribution in [1.29, 1.82) is 0 Å². The first kappa shape index (κ1) is 19.0. The Morgan fingerprint density at radius 1 is 1.39 bits per heavy atom. The van der Waals surface area contributed by atoms with E-state index in [0.717, 1.165) is 23.0 Å². The summed E-state index contributed by atoms with van der Waals surface area (Å²) in [4.78, 5) is 37.4. The summed E-state index contributed by atoms with van der Waals surface area (Å²) in [6.07, 6.45) is -4.36. The molecule has 6 nitrogen and oxygen atoms in total. The van der Waals surface area contributed by atoms with Crippen molar-refractivity contribution in [3.63, 3.8) is 0 Å². The van der Waals surface area contributed by atoms with Gasteiger partial charge in [0, 0.05) is 19.6 Å². The fourth-order valence-corrected chi connectivity index (χ4v) is 2.47. The highest BCUT2D eigenvalue weighted by molar-refractivity contribution is 5.91. The van der Waals surface area contributed by atoms with E-state index in [-0.39, 0.29) is 19.6 Å². The second kappa shape index (κ2) is 7.01. The number of likely N-dealkylation sites (N-methyl/N-ethyl adjacent to an activating group) is 1. The van der Waals surface area contributed by atoms with E-state index in [1.54, 1.807) is 6.92 Å². The van der Waals surface area contributed by atoms with E-state index in [2.05, 4.69) is 11.3 Å². The van der Waals surface area contributed by atoms with Gasteiger partial charge in [0.05, 0.1) is 13.7 Å². The van der Waals surface area contributed by atoms with Crippen LogP contribution in [0.1, 0.15) is 13.3 Å². The molecule has 0 aliphatic carbocycles. The molecule has 1 saturated heterocycles. The van der Waals surface area contributed by atoms with Gasteiger partial charge in [-0.1, -0.05) is 6.58 Å². The Bertz CT molecular complexity index is 507. The molecule has 0 aromatic heterocycles.